The summed E-state index contributed by atoms with van der Waals surface area (Å²) in [6.07, 6.45) is 0.329. The minimum Gasteiger partial charge on any atom is -0.481 e. The van der Waals surface area contributed by atoms with Crippen LogP contribution in [0.1, 0.15) is 12.0 Å². The molecule has 0 radical (unpaired) electrons. The summed E-state index contributed by atoms with van der Waals surface area (Å²) in [5, 5.41) is 9.30. The Morgan fingerprint density at radius 3 is 2.75 bits per heavy atom. The van der Waals surface area contributed by atoms with Gasteiger partial charge in [0, 0.05) is 4.47 Å². The average molecular weight is 365 g/mol. The lowest BCUT2D eigenvalue weighted by Gasteiger charge is -2.18. The Hall–Kier alpha value is -0.950. The zero-order chi connectivity index (χ0) is 14.9. The fraction of sp³-hybridized carbons (Fsp3) is 0.462. The van der Waals surface area contributed by atoms with Crippen LogP contribution in [0.2, 0.25) is 0 Å². The highest BCUT2D eigenvalue weighted by molar-refractivity contribution is 9.10. The van der Waals surface area contributed by atoms with E-state index >= 15 is 0 Å². The van der Waals surface area contributed by atoms with Gasteiger partial charge in [0.2, 0.25) is 0 Å². The van der Waals surface area contributed by atoms with E-state index in [-0.39, 0.29) is 23.5 Å². The Morgan fingerprint density at radius 1 is 1.50 bits per heavy atom. The summed E-state index contributed by atoms with van der Waals surface area (Å²) in [7, 11) is -3.15. The third-order valence-electron chi connectivity index (χ3n) is 3.60. The molecule has 2 unspecified atom stereocenters. The van der Waals surface area contributed by atoms with E-state index in [1.54, 1.807) is 0 Å². The Labute approximate surface area is 125 Å². The minimum atomic E-state index is -3.15. The van der Waals surface area contributed by atoms with Gasteiger partial charge in [-0.15, -0.1) is 0 Å². The van der Waals surface area contributed by atoms with Crippen molar-refractivity contribution in [3.8, 4) is 0 Å². The summed E-state index contributed by atoms with van der Waals surface area (Å²) in [5.74, 6) is -2.99. The fourth-order valence-electron chi connectivity index (χ4n) is 2.53. The lowest BCUT2D eigenvalue weighted by atomic mass is 9.86. The van der Waals surface area contributed by atoms with Crippen molar-refractivity contribution in [1.82, 2.24) is 0 Å². The molecule has 0 spiro atoms. The fourth-order valence-corrected chi connectivity index (χ4v) is 4.82. The normalized spacial score (nSPS) is 22.6. The van der Waals surface area contributed by atoms with E-state index in [0.717, 1.165) is 0 Å². The summed E-state index contributed by atoms with van der Waals surface area (Å²) in [4.78, 5) is 11.4. The van der Waals surface area contributed by atoms with Crippen LogP contribution >= 0.6 is 15.9 Å². The number of hydrogen-bond donors (Lipinski definition) is 1. The molecule has 20 heavy (non-hydrogen) atoms. The number of halogens is 2. The van der Waals surface area contributed by atoms with Gasteiger partial charge in [0.1, 0.15) is 5.82 Å². The summed E-state index contributed by atoms with van der Waals surface area (Å²) in [5.41, 5.74) is 0.288. The van der Waals surface area contributed by atoms with Gasteiger partial charge in [0.25, 0.3) is 0 Å². The van der Waals surface area contributed by atoms with Gasteiger partial charge < -0.3 is 5.11 Å². The smallest absolute Gasteiger partial charge is 0.307 e. The van der Waals surface area contributed by atoms with Crippen molar-refractivity contribution in [1.29, 1.82) is 0 Å². The van der Waals surface area contributed by atoms with E-state index in [4.69, 9.17) is 0 Å². The van der Waals surface area contributed by atoms with E-state index in [9.17, 15) is 22.7 Å². The number of sulfone groups is 1. The van der Waals surface area contributed by atoms with Crippen LogP contribution in [0.3, 0.4) is 0 Å². The van der Waals surface area contributed by atoms with Gasteiger partial charge in [-0.05, 0) is 42.5 Å². The molecule has 4 nitrogen and oxygen atoms in total. The summed E-state index contributed by atoms with van der Waals surface area (Å²) in [6, 6.07) is 4.34. The molecule has 2 atom stereocenters. The molecule has 1 aromatic rings. The van der Waals surface area contributed by atoms with Crippen LogP contribution < -0.4 is 0 Å². The third-order valence-corrected chi connectivity index (χ3v) is 5.89. The predicted octanol–water partition coefficient (Wildman–Crippen LogP) is 2.27. The topological polar surface area (TPSA) is 71.4 Å². The van der Waals surface area contributed by atoms with Crippen molar-refractivity contribution in [2.45, 2.75) is 12.8 Å². The Bertz CT molecular complexity index is 629. The number of carboxylic acid groups (broad SMARTS) is 1. The Kier molecular flexibility index (Phi) is 4.49. The van der Waals surface area contributed by atoms with Crippen molar-refractivity contribution in [2.24, 2.45) is 11.8 Å². The van der Waals surface area contributed by atoms with E-state index in [1.165, 1.54) is 18.2 Å². The van der Waals surface area contributed by atoms with E-state index in [2.05, 4.69) is 15.9 Å². The number of rotatable bonds is 4. The Morgan fingerprint density at radius 2 is 2.20 bits per heavy atom. The van der Waals surface area contributed by atoms with Gasteiger partial charge in [-0.1, -0.05) is 15.9 Å². The van der Waals surface area contributed by atoms with Gasteiger partial charge >= 0.3 is 5.97 Å². The first-order valence-corrected chi connectivity index (χ1v) is 8.77. The van der Waals surface area contributed by atoms with Crippen molar-refractivity contribution < 1.29 is 22.7 Å². The standard InChI is InChI=1S/C13H14BrFO4S/c14-10-1-2-12(15)9(5-10)6-11(13(16)17)8-3-4-20(18,19)7-8/h1-2,5,8,11H,3-4,6-7H2,(H,16,17). The van der Waals surface area contributed by atoms with E-state index in [1.807, 2.05) is 0 Å². The highest BCUT2D eigenvalue weighted by atomic mass is 79.9. The second kappa shape index (κ2) is 5.81. The predicted molar refractivity (Wildman–Crippen MR) is 75.7 cm³/mol. The summed E-state index contributed by atoms with van der Waals surface area (Å²) >= 11 is 3.21. The molecule has 110 valence electrons. The average Bonchev–Trinajstić information content (AvgIpc) is 2.70. The summed E-state index contributed by atoms with van der Waals surface area (Å²) in [6.45, 7) is 0. The number of carbonyl (C=O) groups is 1. The molecule has 0 aromatic heterocycles. The van der Waals surface area contributed by atoms with Gasteiger partial charge in [-0.3, -0.25) is 4.79 Å². The maximum atomic E-state index is 13.7. The molecule has 1 saturated heterocycles. The molecule has 2 rings (SSSR count). The van der Waals surface area contributed by atoms with Crippen molar-refractivity contribution in [3.63, 3.8) is 0 Å². The van der Waals surface area contributed by atoms with E-state index in [0.29, 0.717) is 10.9 Å². The van der Waals surface area contributed by atoms with Gasteiger partial charge in [-0.2, -0.15) is 0 Å². The molecule has 1 aromatic carbocycles. The van der Waals surface area contributed by atoms with Gasteiger partial charge in [0.15, 0.2) is 9.84 Å². The number of aliphatic carboxylic acids is 1. The quantitative estimate of drug-likeness (QED) is 0.889. The van der Waals surface area contributed by atoms with Crippen molar-refractivity contribution in [2.75, 3.05) is 11.5 Å². The van der Waals surface area contributed by atoms with Crippen molar-refractivity contribution >= 4 is 31.7 Å². The van der Waals surface area contributed by atoms with Crippen LogP contribution in [-0.4, -0.2) is 31.0 Å². The maximum absolute atomic E-state index is 13.7. The molecule has 1 aliphatic heterocycles. The molecule has 0 bridgehead atoms. The van der Waals surface area contributed by atoms with Crippen LogP contribution in [0, 0.1) is 17.7 Å². The van der Waals surface area contributed by atoms with Gasteiger partial charge in [0.05, 0.1) is 17.4 Å². The van der Waals surface area contributed by atoms with Crippen LogP contribution in [0.25, 0.3) is 0 Å². The number of carboxylic acids is 1. The van der Waals surface area contributed by atoms with Crippen LogP contribution in [0.4, 0.5) is 4.39 Å². The first-order chi connectivity index (χ1) is 9.28. The van der Waals surface area contributed by atoms with Crippen LogP contribution in [0.15, 0.2) is 22.7 Å². The molecular weight excluding hydrogens is 351 g/mol. The van der Waals surface area contributed by atoms with Gasteiger partial charge in [-0.25, -0.2) is 12.8 Å². The second-order valence-corrected chi connectivity index (χ2v) is 8.19. The molecule has 0 aliphatic carbocycles. The highest BCUT2D eigenvalue weighted by Crippen LogP contribution is 2.30. The molecule has 0 saturated carbocycles. The van der Waals surface area contributed by atoms with Crippen molar-refractivity contribution in [3.05, 3.63) is 34.1 Å². The molecule has 1 aliphatic rings. The zero-order valence-corrected chi connectivity index (χ0v) is 13.0. The second-order valence-electron chi connectivity index (χ2n) is 5.05. The maximum Gasteiger partial charge on any atom is 0.307 e. The first kappa shape index (κ1) is 15.4. The van der Waals surface area contributed by atoms with Crippen LogP contribution in [0.5, 0.6) is 0 Å². The SMILES string of the molecule is O=C(O)C(Cc1cc(Br)ccc1F)C1CCS(=O)(=O)C1. The van der Waals surface area contributed by atoms with Crippen LogP contribution in [-0.2, 0) is 21.1 Å². The molecule has 1 fully saturated rings. The van der Waals surface area contributed by atoms with E-state index < -0.39 is 33.5 Å². The largest absolute Gasteiger partial charge is 0.481 e. The third kappa shape index (κ3) is 3.58. The molecule has 7 heteroatoms. The monoisotopic (exact) mass is 364 g/mol. The summed E-state index contributed by atoms with van der Waals surface area (Å²) < 4.78 is 37.3. The lowest BCUT2D eigenvalue weighted by molar-refractivity contribution is -0.143. The number of hydrogen-bond acceptors (Lipinski definition) is 3. The molecule has 1 N–H and O–H groups in total. The lowest BCUT2D eigenvalue weighted by Crippen LogP contribution is -2.27. The molecular formula is C13H14BrFO4S. The minimum absolute atomic E-state index is 0.000787. The zero-order valence-electron chi connectivity index (χ0n) is 10.6. The number of benzene rings is 1. The molecule has 1 heterocycles. The first-order valence-electron chi connectivity index (χ1n) is 6.15. The highest BCUT2D eigenvalue weighted by Gasteiger charge is 2.37. The Balaban J connectivity index is 2.22. The molecule has 0 amide bonds.